The van der Waals surface area contributed by atoms with Crippen LogP contribution in [0.1, 0.15) is 33.6 Å². The fraction of sp³-hybridized carbons (Fsp3) is 0.800. The number of carboxylic acid groups (broad SMARTS) is 1. The van der Waals surface area contributed by atoms with Crippen LogP contribution in [0.2, 0.25) is 0 Å². The van der Waals surface area contributed by atoms with Gasteiger partial charge in [-0.15, -0.1) is 0 Å². The van der Waals surface area contributed by atoms with Crippen molar-refractivity contribution in [3.63, 3.8) is 0 Å². The average Bonchev–Trinajstić information content (AvgIpc) is 2.45. The van der Waals surface area contributed by atoms with Crippen LogP contribution in [0.25, 0.3) is 0 Å². The third kappa shape index (κ3) is 2.51. The number of carbonyl (C=O) groups is 2. The van der Waals surface area contributed by atoms with Gasteiger partial charge in [-0.25, -0.2) is 9.44 Å². The molecule has 0 saturated carbocycles. The molecule has 0 aromatic carbocycles. The molecular weight excluding hydrogens is 214 g/mol. The smallest absolute Gasteiger partial charge is 0.517 e. The van der Waals surface area contributed by atoms with E-state index in [-0.39, 0.29) is 13.0 Å². The maximum absolute atomic E-state index is 12.1. The summed E-state index contributed by atoms with van der Waals surface area (Å²) < 4.78 is 3.57. The number of amides is 1. The zero-order chi connectivity index (χ0) is 12.6. The first-order valence-electron chi connectivity index (χ1n) is 5.22. The Morgan fingerprint density at radius 3 is 2.44 bits per heavy atom. The molecule has 2 unspecified atom stereocenters. The molecule has 1 aliphatic rings. The van der Waals surface area contributed by atoms with E-state index in [0.717, 1.165) is 0 Å². The summed E-state index contributed by atoms with van der Waals surface area (Å²) in [5, 5.41) is 21.0. The fourth-order valence-corrected chi connectivity index (χ4v) is 1.74. The monoisotopic (exact) mass is 231 g/mol. The van der Waals surface area contributed by atoms with Crippen molar-refractivity contribution >= 4 is 12.1 Å². The molecule has 1 aliphatic heterocycles. The Balaban J connectivity index is 2.84. The van der Waals surface area contributed by atoms with Crippen LogP contribution in [0.15, 0.2) is 0 Å². The number of ether oxygens (including phenoxy) is 1. The van der Waals surface area contributed by atoms with Crippen LogP contribution in [0.5, 0.6) is 0 Å². The molecule has 1 N–H and O–H groups in total. The third-order valence-electron chi connectivity index (χ3n) is 2.46. The molecule has 0 radical (unpaired) electrons. The number of carbonyl (C=O) groups excluding carboxylic acids is 1. The minimum absolute atomic E-state index is 0.0219. The second kappa shape index (κ2) is 4.03. The number of aliphatic carboxylic acids is 1. The molecule has 1 amide bonds. The van der Waals surface area contributed by atoms with Crippen molar-refractivity contribution in [1.29, 1.82) is 0 Å². The summed E-state index contributed by atoms with van der Waals surface area (Å²) in [4.78, 5) is 22.5. The number of rotatable bonds is 1. The predicted molar refractivity (Wildman–Crippen MR) is 55.4 cm³/mol. The SMILES string of the molecule is CC(C)(C)OC(=O)[N+]1([O-])CCCC1C(=O)O. The van der Waals surface area contributed by atoms with Crippen LogP contribution in [-0.4, -0.2) is 40.0 Å². The van der Waals surface area contributed by atoms with Crippen molar-refractivity contribution in [2.75, 3.05) is 6.54 Å². The van der Waals surface area contributed by atoms with Crippen molar-refractivity contribution in [3.05, 3.63) is 5.21 Å². The lowest BCUT2D eigenvalue weighted by Gasteiger charge is -2.38. The van der Waals surface area contributed by atoms with E-state index in [4.69, 9.17) is 9.84 Å². The van der Waals surface area contributed by atoms with E-state index < -0.39 is 28.4 Å². The van der Waals surface area contributed by atoms with Gasteiger partial charge in [-0.05, 0) is 20.8 Å². The molecule has 0 aromatic rings. The standard InChI is InChI=1S/C10H17NO5/c1-10(2,3)16-9(14)11(15)6-4-5-7(11)8(12)13/h7H,4-6H2,1-3H3,(H,12,13). The predicted octanol–water partition coefficient (Wildman–Crippen LogP) is 1.48. The van der Waals surface area contributed by atoms with Crippen LogP contribution >= 0.6 is 0 Å². The Labute approximate surface area is 94.0 Å². The van der Waals surface area contributed by atoms with E-state index in [2.05, 4.69) is 0 Å². The van der Waals surface area contributed by atoms with Crippen molar-refractivity contribution in [1.82, 2.24) is 0 Å². The van der Waals surface area contributed by atoms with Crippen LogP contribution in [0, 0.1) is 5.21 Å². The van der Waals surface area contributed by atoms with Crippen molar-refractivity contribution in [2.24, 2.45) is 0 Å². The average molecular weight is 231 g/mol. The summed E-state index contributed by atoms with van der Waals surface area (Å²) in [5.74, 6) is -1.24. The minimum atomic E-state index is -1.40. The van der Waals surface area contributed by atoms with Crippen molar-refractivity contribution in [3.8, 4) is 0 Å². The van der Waals surface area contributed by atoms with Gasteiger partial charge in [0.2, 0.25) is 0 Å². The summed E-state index contributed by atoms with van der Waals surface area (Å²) in [7, 11) is 0. The van der Waals surface area contributed by atoms with Crippen LogP contribution in [0.4, 0.5) is 4.79 Å². The number of hydrogen-bond acceptors (Lipinski definition) is 4. The zero-order valence-electron chi connectivity index (χ0n) is 9.73. The van der Waals surface area contributed by atoms with E-state index in [1.807, 2.05) is 0 Å². The first-order chi connectivity index (χ1) is 7.17. The topological polar surface area (TPSA) is 86.7 Å². The van der Waals surface area contributed by atoms with Gasteiger partial charge in [0.15, 0.2) is 6.04 Å². The van der Waals surface area contributed by atoms with Crippen LogP contribution < -0.4 is 0 Å². The molecule has 6 nitrogen and oxygen atoms in total. The van der Waals surface area contributed by atoms with Crippen molar-refractivity contribution in [2.45, 2.75) is 45.3 Å². The molecule has 1 rings (SSSR count). The van der Waals surface area contributed by atoms with Gasteiger partial charge in [-0.1, -0.05) is 0 Å². The molecule has 16 heavy (non-hydrogen) atoms. The lowest BCUT2D eigenvalue weighted by atomic mass is 10.2. The Morgan fingerprint density at radius 1 is 1.44 bits per heavy atom. The lowest BCUT2D eigenvalue weighted by Crippen LogP contribution is -2.55. The van der Waals surface area contributed by atoms with Gasteiger partial charge >= 0.3 is 12.1 Å². The summed E-state index contributed by atoms with van der Waals surface area (Å²) in [6.45, 7) is 4.90. The van der Waals surface area contributed by atoms with E-state index in [0.29, 0.717) is 6.42 Å². The Kier molecular flexibility index (Phi) is 3.25. The number of likely N-dealkylation sites (tertiary alicyclic amines) is 1. The van der Waals surface area contributed by atoms with E-state index in [1.165, 1.54) is 0 Å². The normalized spacial score (nSPS) is 30.1. The highest BCUT2D eigenvalue weighted by molar-refractivity contribution is 5.76. The van der Waals surface area contributed by atoms with Crippen LogP contribution in [0.3, 0.4) is 0 Å². The molecule has 6 heteroatoms. The van der Waals surface area contributed by atoms with Crippen LogP contribution in [-0.2, 0) is 9.53 Å². The van der Waals surface area contributed by atoms with Gasteiger partial charge in [-0.2, -0.15) is 4.79 Å². The molecule has 0 aliphatic carbocycles. The summed E-state index contributed by atoms with van der Waals surface area (Å²) in [5.41, 5.74) is -0.779. The maximum Gasteiger partial charge on any atom is 0.517 e. The van der Waals surface area contributed by atoms with Gasteiger partial charge in [0, 0.05) is 12.8 Å². The third-order valence-corrected chi connectivity index (χ3v) is 2.46. The first-order valence-corrected chi connectivity index (χ1v) is 5.22. The largest absolute Gasteiger partial charge is 0.622 e. The minimum Gasteiger partial charge on any atom is -0.622 e. The molecule has 0 aromatic heterocycles. The van der Waals surface area contributed by atoms with Gasteiger partial charge in [0.05, 0.1) is 6.54 Å². The zero-order valence-corrected chi connectivity index (χ0v) is 9.73. The number of hydrogen-bond donors (Lipinski definition) is 1. The molecule has 1 saturated heterocycles. The quantitative estimate of drug-likeness (QED) is 0.545. The summed E-state index contributed by atoms with van der Waals surface area (Å²) in [6, 6.07) is -1.23. The highest BCUT2D eigenvalue weighted by atomic mass is 16.7. The van der Waals surface area contributed by atoms with Gasteiger partial charge in [0.25, 0.3) is 0 Å². The lowest BCUT2D eigenvalue weighted by molar-refractivity contribution is -0.812. The molecular formula is C10H17NO5. The summed E-state index contributed by atoms with van der Waals surface area (Å²) in [6.07, 6.45) is -0.352. The molecule has 92 valence electrons. The number of quaternary nitrogens is 1. The highest BCUT2D eigenvalue weighted by Gasteiger charge is 2.48. The number of nitrogens with zero attached hydrogens (tertiary/aromatic N) is 1. The van der Waals surface area contributed by atoms with Gasteiger partial charge in [-0.3, -0.25) is 0 Å². The second-order valence-electron chi connectivity index (χ2n) is 5.00. The molecule has 1 heterocycles. The summed E-state index contributed by atoms with van der Waals surface area (Å²) >= 11 is 0. The van der Waals surface area contributed by atoms with Crippen molar-refractivity contribution < 1.29 is 24.1 Å². The Hall–Kier alpha value is -1.14. The van der Waals surface area contributed by atoms with E-state index in [1.54, 1.807) is 20.8 Å². The molecule has 1 fully saturated rings. The second-order valence-corrected chi connectivity index (χ2v) is 5.00. The van der Waals surface area contributed by atoms with Gasteiger partial charge < -0.3 is 15.1 Å². The number of hydroxylamine groups is 3. The molecule has 0 bridgehead atoms. The molecule has 0 spiro atoms. The van der Waals surface area contributed by atoms with Gasteiger partial charge in [0.1, 0.15) is 5.60 Å². The molecule has 2 atom stereocenters. The Bertz CT molecular complexity index is 309. The van der Waals surface area contributed by atoms with E-state index in [9.17, 15) is 14.8 Å². The van der Waals surface area contributed by atoms with E-state index >= 15 is 0 Å². The maximum atomic E-state index is 12.1. The Morgan fingerprint density at radius 2 is 2.00 bits per heavy atom. The highest BCUT2D eigenvalue weighted by Crippen LogP contribution is 2.28. The number of carboxylic acids is 1. The first kappa shape index (κ1) is 12.9. The fourth-order valence-electron chi connectivity index (χ4n) is 1.74.